The van der Waals surface area contributed by atoms with Gasteiger partial charge in [-0.05, 0) is 39.8 Å². The summed E-state index contributed by atoms with van der Waals surface area (Å²) in [6, 6.07) is 3.08. The number of rotatable bonds is 4. The number of hydrogen-bond acceptors (Lipinski definition) is 5. The van der Waals surface area contributed by atoms with E-state index in [1.807, 2.05) is 13.0 Å². The van der Waals surface area contributed by atoms with Crippen molar-refractivity contribution in [2.24, 2.45) is 0 Å². The predicted octanol–water partition coefficient (Wildman–Crippen LogP) is 1.80. The lowest BCUT2D eigenvalue weighted by molar-refractivity contribution is 0.190. The van der Waals surface area contributed by atoms with Crippen LogP contribution >= 0.6 is 0 Å². The van der Waals surface area contributed by atoms with E-state index < -0.39 is 0 Å². The van der Waals surface area contributed by atoms with Gasteiger partial charge in [0.05, 0.1) is 0 Å². The Bertz CT molecular complexity index is 381. The first kappa shape index (κ1) is 13.1. The summed E-state index contributed by atoms with van der Waals surface area (Å²) in [7, 11) is 2.19. The Hall–Kier alpha value is -1.36. The summed E-state index contributed by atoms with van der Waals surface area (Å²) in [6.07, 6.45) is 4.13. The van der Waals surface area contributed by atoms with Gasteiger partial charge >= 0.3 is 0 Å². The van der Waals surface area contributed by atoms with Gasteiger partial charge in [-0.1, -0.05) is 0 Å². The first-order valence-electron chi connectivity index (χ1n) is 6.72. The van der Waals surface area contributed by atoms with Crippen molar-refractivity contribution in [3.8, 4) is 0 Å². The third kappa shape index (κ3) is 3.32. The maximum Gasteiger partial charge on any atom is 0.224 e. The van der Waals surface area contributed by atoms with Crippen LogP contribution in [0.1, 0.15) is 26.7 Å². The summed E-state index contributed by atoms with van der Waals surface area (Å²) in [5, 5.41) is 6.64. The van der Waals surface area contributed by atoms with Gasteiger partial charge in [0.2, 0.25) is 5.95 Å². The van der Waals surface area contributed by atoms with Crippen LogP contribution in [0.15, 0.2) is 12.3 Å². The molecule has 1 fully saturated rings. The first-order chi connectivity index (χ1) is 8.69. The summed E-state index contributed by atoms with van der Waals surface area (Å²) in [4.78, 5) is 11.0. The fourth-order valence-corrected chi connectivity index (χ4v) is 2.31. The van der Waals surface area contributed by atoms with Gasteiger partial charge in [-0.3, -0.25) is 0 Å². The highest BCUT2D eigenvalue weighted by Gasteiger charge is 2.22. The number of anilines is 2. The second-order valence-corrected chi connectivity index (χ2v) is 4.99. The lowest BCUT2D eigenvalue weighted by atomic mass is 9.99. The smallest absolute Gasteiger partial charge is 0.224 e. The van der Waals surface area contributed by atoms with Crippen molar-refractivity contribution in [3.63, 3.8) is 0 Å². The third-order valence-corrected chi connectivity index (χ3v) is 3.55. The zero-order valence-electron chi connectivity index (χ0n) is 11.5. The van der Waals surface area contributed by atoms with Crippen LogP contribution in [0.4, 0.5) is 11.8 Å². The van der Waals surface area contributed by atoms with Crippen LogP contribution in [0.5, 0.6) is 0 Å². The number of piperidine rings is 1. The molecule has 0 aliphatic carbocycles. The summed E-state index contributed by atoms with van der Waals surface area (Å²) < 4.78 is 0. The van der Waals surface area contributed by atoms with Crippen LogP contribution in [-0.4, -0.2) is 47.1 Å². The van der Waals surface area contributed by atoms with Gasteiger partial charge in [-0.2, -0.15) is 4.98 Å². The minimum atomic E-state index is 0.514. The molecule has 0 saturated carbocycles. The minimum absolute atomic E-state index is 0.514. The molecule has 5 heteroatoms. The van der Waals surface area contributed by atoms with Gasteiger partial charge < -0.3 is 15.5 Å². The summed E-state index contributed by atoms with van der Waals surface area (Å²) in [6.45, 7) is 6.30. The van der Waals surface area contributed by atoms with E-state index >= 15 is 0 Å². The number of aromatic nitrogens is 2. The minimum Gasteiger partial charge on any atom is -0.367 e. The largest absolute Gasteiger partial charge is 0.367 e. The first-order valence-corrected chi connectivity index (χ1v) is 6.72. The zero-order chi connectivity index (χ0) is 13.0. The monoisotopic (exact) mass is 249 g/mol. The van der Waals surface area contributed by atoms with Crippen LogP contribution in [-0.2, 0) is 0 Å². The van der Waals surface area contributed by atoms with Crippen LogP contribution in [0, 0.1) is 0 Å². The molecule has 0 aromatic carbocycles. The maximum absolute atomic E-state index is 4.45. The van der Waals surface area contributed by atoms with Crippen LogP contribution in [0.25, 0.3) is 0 Å². The fourth-order valence-electron chi connectivity index (χ4n) is 2.31. The molecule has 0 spiro atoms. The van der Waals surface area contributed by atoms with E-state index in [4.69, 9.17) is 0 Å². The van der Waals surface area contributed by atoms with Crippen molar-refractivity contribution in [2.45, 2.75) is 38.8 Å². The number of likely N-dealkylation sites (tertiary alicyclic amines) is 1. The van der Waals surface area contributed by atoms with E-state index in [1.54, 1.807) is 6.20 Å². The average molecular weight is 249 g/mol. The van der Waals surface area contributed by atoms with Gasteiger partial charge in [0, 0.05) is 31.4 Å². The number of nitrogens with zero attached hydrogens (tertiary/aromatic N) is 3. The Kier molecular flexibility index (Phi) is 4.36. The van der Waals surface area contributed by atoms with Crippen LogP contribution in [0.2, 0.25) is 0 Å². The maximum atomic E-state index is 4.45. The SMILES string of the molecule is CCNc1nccc(NC2CCN(C)C(C)C2)n1. The molecular formula is C13H23N5. The molecule has 1 aromatic heterocycles. The fraction of sp³-hybridized carbons (Fsp3) is 0.692. The van der Waals surface area contributed by atoms with Gasteiger partial charge in [-0.25, -0.2) is 4.98 Å². The molecule has 1 saturated heterocycles. The Morgan fingerprint density at radius 3 is 3.06 bits per heavy atom. The molecule has 0 bridgehead atoms. The lowest BCUT2D eigenvalue weighted by Crippen LogP contribution is -2.42. The van der Waals surface area contributed by atoms with Gasteiger partial charge in [0.1, 0.15) is 5.82 Å². The van der Waals surface area contributed by atoms with E-state index in [1.165, 1.54) is 6.42 Å². The highest BCUT2D eigenvalue weighted by atomic mass is 15.2. The van der Waals surface area contributed by atoms with E-state index in [0.29, 0.717) is 18.0 Å². The quantitative estimate of drug-likeness (QED) is 0.852. The summed E-state index contributed by atoms with van der Waals surface area (Å²) in [5.74, 6) is 1.62. The molecular weight excluding hydrogens is 226 g/mol. The van der Waals surface area contributed by atoms with Gasteiger partial charge in [0.15, 0.2) is 0 Å². The zero-order valence-corrected chi connectivity index (χ0v) is 11.5. The molecule has 2 N–H and O–H groups in total. The molecule has 0 radical (unpaired) electrons. The summed E-state index contributed by atoms with van der Waals surface area (Å²) in [5.41, 5.74) is 0. The van der Waals surface area contributed by atoms with E-state index in [-0.39, 0.29) is 0 Å². The standard InChI is InChI=1S/C13H23N5/c1-4-14-13-15-7-5-12(17-13)16-11-6-8-18(3)10(2)9-11/h5,7,10-11H,4,6,8-9H2,1-3H3,(H2,14,15,16,17). The molecule has 18 heavy (non-hydrogen) atoms. The highest BCUT2D eigenvalue weighted by molar-refractivity contribution is 5.40. The lowest BCUT2D eigenvalue weighted by Gasteiger charge is -2.35. The normalized spacial score (nSPS) is 24.8. The van der Waals surface area contributed by atoms with Crippen molar-refractivity contribution in [1.82, 2.24) is 14.9 Å². The van der Waals surface area contributed by atoms with E-state index in [2.05, 4.69) is 39.5 Å². The van der Waals surface area contributed by atoms with Crippen molar-refractivity contribution in [2.75, 3.05) is 30.8 Å². The molecule has 2 heterocycles. The third-order valence-electron chi connectivity index (χ3n) is 3.55. The molecule has 1 aliphatic heterocycles. The second-order valence-electron chi connectivity index (χ2n) is 4.99. The topological polar surface area (TPSA) is 53.1 Å². The highest BCUT2D eigenvalue weighted by Crippen LogP contribution is 2.19. The van der Waals surface area contributed by atoms with E-state index in [9.17, 15) is 0 Å². The van der Waals surface area contributed by atoms with E-state index in [0.717, 1.165) is 25.3 Å². The Morgan fingerprint density at radius 1 is 1.50 bits per heavy atom. The van der Waals surface area contributed by atoms with Crippen LogP contribution < -0.4 is 10.6 Å². The number of nitrogens with one attached hydrogen (secondary N) is 2. The number of hydrogen-bond donors (Lipinski definition) is 2. The van der Waals surface area contributed by atoms with Crippen molar-refractivity contribution in [3.05, 3.63) is 12.3 Å². The molecule has 1 aliphatic rings. The molecule has 2 rings (SSSR count). The molecule has 100 valence electrons. The van der Waals surface area contributed by atoms with Gasteiger partial charge in [0.25, 0.3) is 0 Å². The Balaban J connectivity index is 1.94. The van der Waals surface area contributed by atoms with Crippen molar-refractivity contribution < 1.29 is 0 Å². The summed E-state index contributed by atoms with van der Waals surface area (Å²) >= 11 is 0. The molecule has 5 nitrogen and oxygen atoms in total. The van der Waals surface area contributed by atoms with Crippen molar-refractivity contribution in [1.29, 1.82) is 0 Å². The average Bonchev–Trinajstić information content (AvgIpc) is 2.35. The molecule has 0 amide bonds. The second kappa shape index (κ2) is 6.00. The Labute approximate surface area is 109 Å². The van der Waals surface area contributed by atoms with Crippen molar-refractivity contribution >= 4 is 11.8 Å². The molecule has 1 aromatic rings. The predicted molar refractivity (Wildman–Crippen MR) is 74.9 cm³/mol. The molecule has 2 atom stereocenters. The van der Waals surface area contributed by atoms with Crippen LogP contribution in [0.3, 0.4) is 0 Å². The molecule has 2 unspecified atom stereocenters. The van der Waals surface area contributed by atoms with Gasteiger partial charge in [-0.15, -0.1) is 0 Å². The Morgan fingerprint density at radius 2 is 2.33 bits per heavy atom.